The van der Waals surface area contributed by atoms with Crippen molar-refractivity contribution in [2.24, 2.45) is 0 Å². The number of benzene rings is 1. The van der Waals surface area contributed by atoms with Crippen LogP contribution >= 0.6 is 11.8 Å². The number of ether oxygens (including phenoxy) is 2. The lowest BCUT2D eigenvalue weighted by Gasteiger charge is -2.28. The van der Waals surface area contributed by atoms with Crippen molar-refractivity contribution in [2.45, 2.75) is 45.0 Å². The van der Waals surface area contributed by atoms with Gasteiger partial charge in [-0.1, -0.05) is 30.8 Å². The van der Waals surface area contributed by atoms with Crippen LogP contribution in [0.1, 0.15) is 39.3 Å². The third kappa shape index (κ3) is 3.95. The van der Waals surface area contributed by atoms with Crippen molar-refractivity contribution in [3.8, 4) is 5.75 Å². The summed E-state index contributed by atoms with van der Waals surface area (Å²) in [5.41, 5.74) is 2.13. The number of nitrogens with zero attached hydrogens (tertiary/aromatic N) is 3. The molecule has 1 aliphatic heterocycles. The van der Waals surface area contributed by atoms with E-state index >= 15 is 0 Å². The van der Waals surface area contributed by atoms with E-state index in [1.807, 2.05) is 52.0 Å². The van der Waals surface area contributed by atoms with Gasteiger partial charge in [0.25, 0.3) is 0 Å². The average molecular weight is 388 g/mol. The largest absolute Gasteiger partial charge is 0.491 e. The van der Waals surface area contributed by atoms with Gasteiger partial charge >= 0.3 is 5.97 Å². The van der Waals surface area contributed by atoms with Gasteiger partial charge in [-0.2, -0.15) is 4.98 Å². The van der Waals surface area contributed by atoms with E-state index in [-0.39, 0.29) is 6.10 Å². The first-order valence-corrected chi connectivity index (χ1v) is 9.85. The van der Waals surface area contributed by atoms with Crippen molar-refractivity contribution < 1.29 is 14.3 Å². The van der Waals surface area contributed by atoms with Crippen LogP contribution in [0.4, 0.5) is 5.95 Å². The molecule has 27 heavy (non-hydrogen) atoms. The van der Waals surface area contributed by atoms with Gasteiger partial charge in [0.1, 0.15) is 11.8 Å². The van der Waals surface area contributed by atoms with E-state index in [1.54, 1.807) is 16.4 Å². The molecule has 0 bridgehead atoms. The van der Waals surface area contributed by atoms with Crippen molar-refractivity contribution in [1.29, 1.82) is 0 Å². The Morgan fingerprint density at radius 3 is 2.63 bits per heavy atom. The molecule has 0 radical (unpaired) electrons. The van der Waals surface area contributed by atoms with Crippen LogP contribution in [0.5, 0.6) is 5.75 Å². The van der Waals surface area contributed by atoms with Crippen LogP contribution in [-0.4, -0.2) is 39.7 Å². The number of anilines is 1. The van der Waals surface area contributed by atoms with E-state index in [0.29, 0.717) is 22.4 Å². The fraction of sp³-hybridized carbons (Fsp3) is 0.421. The molecule has 3 rings (SSSR count). The topological polar surface area (TPSA) is 78.3 Å². The van der Waals surface area contributed by atoms with Gasteiger partial charge in [0.05, 0.1) is 18.8 Å². The fourth-order valence-corrected chi connectivity index (χ4v) is 3.56. The van der Waals surface area contributed by atoms with Crippen LogP contribution < -0.4 is 10.1 Å². The molecule has 0 saturated heterocycles. The van der Waals surface area contributed by atoms with E-state index in [4.69, 9.17) is 9.47 Å². The van der Waals surface area contributed by atoms with Crippen molar-refractivity contribution in [2.75, 3.05) is 18.2 Å². The molecule has 0 amide bonds. The first-order chi connectivity index (χ1) is 12.9. The van der Waals surface area contributed by atoms with Gasteiger partial charge in [-0.05, 0) is 44.2 Å². The van der Waals surface area contributed by atoms with Crippen molar-refractivity contribution in [3.63, 3.8) is 0 Å². The second-order valence-corrected chi connectivity index (χ2v) is 7.62. The zero-order valence-corrected chi connectivity index (χ0v) is 17.0. The van der Waals surface area contributed by atoms with E-state index in [2.05, 4.69) is 15.4 Å². The Bertz CT molecular complexity index is 858. The van der Waals surface area contributed by atoms with Gasteiger partial charge in [-0.15, -0.1) is 5.10 Å². The lowest BCUT2D eigenvalue weighted by Crippen LogP contribution is -2.29. The Labute approximate surface area is 163 Å². The van der Waals surface area contributed by atoms with Gasteiger partial charge in [-0.25, -0.2) is 9.48 Å². The molecule has 1 unspecified atom stereocenters. The van der Waals surface area contributed by atoms with Crippen molar-refractivity contribution >= 4 is 23.7 Å². The minimum absolute atomic E-state index is 0.0954. The van der Waals surface area contributed by atoms with Crippen LogP contribution in [0.2, 0.25) is 0 Å². The highest BCUT2D eigenvalue weighted by atomic mass is 32.2. The summed E-state index contributed by atoms with van der Waals surface area (Å²) in [7, 11) is 1.38. The highest BCUT2D eigenvalue weighted by Crippen LogP contribution is 2.37. The number of aromatic nitrogens is 3. The minimum atomic E-state index is -0.416. The molecule has 8 heteroatoms. The summed E-state index contributed by atoms with van der Waals surface area (Å²) in [5.74, 6) is 1.87. The van der Waals surface area contributed by atoms with Gasteiger partial charge in [0.15, 0.2) is 0 Å². The SMILES string of the molecule is CCSc1nc2n(n1)C(c1ccc(OC(C)C)cc1)C(C(=O)OC)=C(C)N2. The second-order valence-electron chi connectivity index (χ2n) is 6.39. The molecule has 0 spiro atoms. The predicted molar refractivity (Wildman–Crippen MR) is 105 cm³/mol. The second kappa shape index (κ2) is 8.04. The number of fused-ring (bicyclic) bond motifs is 1. The van der Waals surface area contributed by atoms with Crippen molar-refractivity contribution in [1.82, 2.24) is 14.8 Å². The summed E-state index contributed by atoms with van der Waals surface area (Å²) in [6.07, 6.45) is 0.0954. The summed E-state index contributed by atoms with van der Waals surface area (Å²) in [6.45, 7) is 7.86. The number of esters is 1. The smallest absolute Gasteiger partial charge is 0.338 e. The maximum atomic E-state index is 12.5. The lowest BCUT2D eigenvalue weighted by molar-refractivity contribution is -0.136. The molecule has 1 aromatic carbocycles. The Kier molecular flexibility index (Phi) is 5.74. The Morgan fingerprint density at radius 2 is 2.04 bits per heavy atom. The number of rotatable bonds is 6. The zero-order valence-electron chi connectivity index (χ0n) is 16.1. The molecule has 7 nitrogen and oxygen atoms in total. The summed E-state index contributed by atoms with van der Waals surface area (Å²) < 4.78 is 12.5. The van der Waals surface area contributed by atoms with Gasteiger partial charge in [0, 0.05) is 5.70 Å². The summed E-state index contributed by atoms with van der Waals surface area (Å²) in [6, 6.07) is 7.28. The number of thioether (sulfide) groups is 1. The Morgan fingerprint density at radius 1 is 1.33 bits per heavy atom. The van der Waals surface area contributed by atoms with Crippen LogP contribution in [0.15, 0.2) is 40.7 Å². The molecular weight excluding hydrogens is 364 g/mol. The number of carbonyl (C=O) groups is 1. The van der Waals surface area contributed by atoms with Crippen molar-refractivity contribution in [3.05, 3.63) is 41.1 Å². The van der Waals surface area contributed by atoms with E-state index in [9.17, 15) is 4.79 Å². The standard InChI is InChI=1S/C19H24N4O3S/c1-6-27-19-21-18-20-12(4)15(17(24)25-5)16(23(18)22-19)13-7-9-14(10-8-13)26-11(2)3/h7-11,16H,6H2,1-5H3,(H,20,21,22). The van der Waals surface area contributed by atoms with Gasteiger partial charge < -0.3 is 14.8 Å². The van der Waals surface area contributed by atoms with E-state index in [1.165, 1.54) is 7.11 Å². The highest BCUT2D eigenvalue weighted by molar-refractivity contribution is 7.99. The van der Waals surface area contributed by atoms with E-state index < -0.39 is 12.0 Å². The van der Waals surface area contributed by atoms with Crippen LogP contribution in [-0.2, 0) is 9.53 Å². The van der Waals surface area contributed by atoms with E-state index in [0.717, 1.165) is 17.1 Å². The summed E-state index contributed by atoms with van der Waals surface area (Å²) in [4.78, 5) is 17.0. The molecular formula is C19H24N4O3S. The maximum Gasteiger partial charge on any atom is 0.338 e. The quantitative estimate of drug-likeness (QED) is 0.598. The molecule has 2 heterocycles. The molecule has 0 aliphatic carbocycles. The number of hydrogen-bond acceptors (Lipinski definition) is 7. The number of hydrogen-bond donors (Lipinski definition) is 1. The Hall–Kier alpha value is -2.48. The zero-order chi connectivity index (χ0) is 19.6. The molecule has 0 saturated carbocycles. The van der Waals surface area contributed by atoms with Crippen LogP contribution in [0.3, 0.4) is 0 Å². The monoisotopic (exact) mass is 388 g/mol. The number of nitrogens with one attached hydrogen (secondary N) is 1. The third-order valence-electron chi connectivity index (χ3n) is 4.08. The molecule has 0 fully saturated rings. The first-order valence-electron chi connectivity index (χ1n) is 8.86. The van der Waals surface area contributed by atoms with Crippen LogP contribution in [0.25, 0.3) is 0 Å². The number of allylic oxidation sites excluding steroid dienone is 1. The minimum Gasteiger partial charge on any atom is -0.491 e. The molecule has 1 aliphatic rings. The predicted octanol–water partition coefficient (Wildman–Crippen LogP) is 3.64. The molecule has 1 N–H and O–H groups in total. The average Bonchev–Trinajstić information content (AvgIpc) is 3.02. The number of carbonyl (C=O) groups excluding carboxylic acids is 1. The molecule has 2 aromatic rings. The van der Waals surface area contributed by atoms with Gasteiger partial charge in [-0.3, -0.25) is 0 Å². The fourth-order valence-electron chi connectivity index (χ4n) is 3.00. The first kappa shape index (κ1) is 19.3. The molecule has 1 aromatic heterocycles. The normalized spacial score (nSPS) is 16.1. The molecule has 144 valence electrons. The molecule has 1 atom stereocenters. The third-order valence-corrected chi connectivity index (χ3v) is 4.80. The maximum absolute atomic E-state index is 12.5. The van der Waals surface area contributed by atoms with Gasteiger partial charge in [0.2, 0.25) is 11.1 Å². The lowest BCUT2D eigenvalue weighted by atomic mass is 9.96. The highest BCUT2D eigenvalue weighted by Gasteiger charge is 2.34. The summed E-state index contributed by atoms with van der Waals surface area (Å²) in [5, 5.41) is 8.44. The summed E-state index contributed by atoms with van der Waals surface area (Å²) >= 11 is 1.55. The number of methoxy groups -OCH3 is 1. The Balaban J connectivity index is 2.06. The van der Waals surface area contributed by atoms with Crippen LogP contribution in [0, 0.1) is 0 Å².